The fourth-order valence-electron chi connectivity index (χ4n) is 3.80. The van der Waals surface area contributed by atoms with Gasteiger partial charge in [-0.1, -0.05) is 6.07 Å². The Bertz CT molecular complexity index is 1090. The van der Waals surface area contributed by atoms with E-state index in [0.29, 0.717) is 17.7 Å². The number of benzene rings is 1. The SMILES string of the molecule is CN1CCN(CCCn2c(NC(=O)c3cccc(C(F)(F)F)c3)nc3cccnc32)CC1. The molecule has 1 saturated heterocycles. The van der Waals surface area contributed by atoms with Crippen LogP contribution in [0, 0.1) is 0 Å². The van der Waals surface area contributed by atoms with Crippen molar-refractivity contribution >= 4 is 23.0 Å². The average Bonchev–Trinajstić information content (AvgIpc) is 3.11. The molecule has 1 N–H and O–H groups in total. The lowest BCUT2D eigenvalue weighted by Crippen LogP contribution is -2.44. The fraction of sp³-hybridized carbons (Fsp3) is 0.409. The first-order chi connectivity index (χ1) is 15.3. The molecule has 170 valence electrons. The smallest absolute Gasteiger partial charge is 0.304 e. The lowest BCUT2D eigenvalue weighted by molar-refractivity contribution is -0.137. The van der Waals surface area contributed by atoms with E-state index in [-0.39, 0.29) is 11.5 Å². The van der Waals surface area contributed by atoms with Crippen LogP contribution >= 0.6 is 0 Å². The zero-order valence-corrected chi connectivity index (χ0v) is 17.8. The monoisotopic (exact) mass is 446 g/mol. The third-order valence-electron chi connectivity index (χ3n) is 5.63. The Morgan fingerprint density at radius 2 is 1.88 bits per heavy atom. The Labute approximate surface area is 183 Å². The number of imidazole rings is 1. The molecule has 3 heterocycles. The molecule has 3 aromatic rings. The molecule has 0 saturated carbocycles. The summed E-state index contributed by atoms with van der Waals surface area (Å²) < 4.78 is 40.9. The molecule has 1 aliphatic rings. The third-order valence-corrected chi connectivity index (χ3v) is 5.63. The van der Waals surface area contributed by atoms with Crippen LogP contribution in [0.15, 0.2) is 42.6 Å². The minimum Gasteiger partial charge on any atom is -0.304 e. The highest BCUT2D eigenvalue weighted by atomic mass is 19.4. The van der Waals surface area contributed by atoms with E-state index >= 15 is 0 Å². The van der Waals surface area contributed by atoms with Crippen molar-refractivity contribution in [3.8, 4) is 0 Å². The number of aromatic nitrogens is 3. The minimum atomic E-state index is -4.52. The zero-order valence-electron chi connectivity index (χ0n) is 17.8. The summed E-state index contributed by atoms with van der Waals surface area (Å²) in [5.74, 6) is -0.369. The van der Waals surface area contributed by atoms with Gasteiger partial charge in [0.05, 0.1) is 5.56 Å². The number of halogens is 3. The van der Waals surface area contributed by atoms with Crippen LogP contribution in [0.3, 0.4) is 0 Å². The number of carbonyl (C=O) groups is 1. The van der Waals surface area contributed by atoms with Crippen molar-refractivity contribution in [2.24, 2.45) is 0 Å². The molecule has 7 nitrogen and oxygen atoms in total. The lowest BCUT2D eigenvalue weighted by Gasteiger charge is -2.32. The molecule has 0 radical (unpaired) electrons. The number of nitrogens with one attached hydrogen (secondary N) is 1. The highest BCUT2D eigenvalue weighted by Gasteiger charge is 2.31. The second kappa shape index (κ2) is 9.25. The molecule has 1 aromatic carbocycles. The number of hydrogen-bond acceptors (Lipinski definition) is 5. The normalized spacial score (nSPS) is 15.9. The molecule has 1 aliphatic heterocycles. The van der Waals surface area contributed by atoms with Crippen LogP contribution in [0.2, 0.25) is 0 Å². The van der Waals surface area contributed by atoms with Crippen LogP contribution in [0.5, 0.6) is 0 Å². The minimum absolute atomic E-state index is 0.0798. The molecule has 1 fully saturated rings. The van der Waals surface area contributed by atoms with E-state index in [1.165, 1.54) is 12.1 Å². The number of amides is 1. The van der Waals surface area contributed by atoms with Crippen molar-refractivity contribution in [1.29, 1.82) is 0 Å². The summed E-state index contributed by atoms with van der Waals surface area (Å²) in [6.45, 7) is 5.58. The fourth-order valence-corrected chi connectivity index (χ4v) is 3.80. The lowest BCUT2D eigenvalue weighted by atomic mass is 10.1. The summed E-state index contributed by atoms with van der Waals surface area (Å²) in [4.78, 5) is 26.2. The van der Waals surface area contributed by atoms with Gasteiger partial charge in [0.15, 0.2) is 5.65 Å². The van der Waals surface area contributed by atoms with Crippen LogP contribution in [0.25, 0.3) is 11.2 Å². The van der Waals surface area contributed by atoms with Crippen LogP contribution in [-0.4, -0.2) is 70.0 Å². The zero-order chi connectivity index (χ0) is 22.7. The van der Waals surface area contributed by atoms with Gasteiger partial charge in [0, 0.05) is 44.5 Å². The molecule has 32 heavy (non-hydrogen) atoms. The van der Waals surface area contributed by atoms with Gasteiger partial charge in [0.2, 0.25) is 5.95 Å². The van der Waals surface area contributed by atoms with E-state index < -0.39 is 17.6 Å². The molecule has 1 amide bonds. The summed E-state index contributed by atoms with van der Waals surface area (Å²) in [7, 11) is 2.11. The van der Waals surface area contributed by atoms with Gasteiger partial charge in [-0.15, -0.1) is 0 Å². The van der Waals surface area contributed by atoms with Crippen molar-refractivity contribution in [2.75, 3.05) is 45.1 Å². The van der Waals surface area contributed by atoms with Crippen LogP contribution in [0.4, 0.5) is 19.1 Å². The largest absolute Gasteiger partial charge is 0.416 e. The Balaban J connectivity index is 1.50. The quantitative estimate of drug-likeness (QED) is 0.629. The number of piperazine rings is 1. The first-order valence-electron chi connectivity index (χ1n) is 10.5. The maximum Gasteiger partial charge on any atom is 0.416 e. The number of hydrogen-bond donors (Lipinski definition) is 1. The van der Waals surface area contributed by atoms with Gasteiger partial charge in [0.1, 0.15) is 5.52 Å². The second-order valence-corrected chi connectivity index (χ2v) is 7.96. The van der Waals surface area contributed by atoms with Gasteiger partial charge in [-0.05, 0) is 50.3 Å². The number of aryl methyl sites for hydroxylation is 1. The van der Waals surface area contributed by atoms with Crippen molar-refractivity contribution in [3.05, 3.63) is 53.7 Å². The molecule has 0 aliphatic carbocycles. The van der Waals surface area contributed by atoms with Gasteiger partial charge in [0.25, 0.3) is 5.91 Å². The van der Waals surface area contributed by atoms with Crippen molar-refractivity contribution in [1.82, 2.24) is 24.3 Å². The van der Waals surface area contributed by atoms with Crippen molar-refractivity contribution in [3.63, 3.8) is 0 Å². The molecule has 10 heteroatoms. The second-order valence-electron chi connectivity index (χ2n) is 7.96. The molecule has 0 spiro atoms. The van der Waals surface area contributed by atoms with Crippen LogP contribution in [0.1, 0.15) is 22.3 Å². The molecule has 2 aromatic heterocycles. The molecule has 0 atom stereocenters. The molecular weight excluding hydrogens is 421 g/mol. The number of alkyl halides is 3. The van der Waals surface area contributed by atoms with E-state index in [1.54, 1.807) is 18.3 Å². The maximum atomic E-state index is 13.0. The molecular formula is C22H25F3N6O. The Morgan fingerprint density at radius 1 is 1.09 bits per heavy atom. The Morgan fingerprint density at radius 3 is 2.62 bits per heavy atom. The highest BCUT2D eigenvalue weighted by molar-refractivity contribution is 6.04. The van der Waals surface area contributed by atoms with E-state index in [2.05, 4.69) is 32.1 Å². The number of anilines is 1. The standard InChI is InChI=1S/C22H25F3N6O/c1-29-11-13-30(14-12-29)9-4-10-31-19-18(7-3-8-26-19)27-21(31)28-20(32)16-5-2-6-17(15-16)22(23,24)25/h2-3,5-8,15H,4,9-14H2,1H3,(H,27,28,32). The van der Waals surface area contributed by atoms with Gasteiger partial charge >= 0.3 is 6.18 Å². The van der Waals surface area contributed by atoms with Crippen molar-refractivity contribution < 1.29 is 18.0 Å². The maximum absolute atomic E-state index is 13.0. The number of rotatable bonds is 6. The first kappa shape index (κ1) is 22.2. The summed E-state index contributed by atoms with van der Waals surface area (Å²) >= 11 is 0. The van der Waals surface area contributed by atoms with Gasteiger partial charge in [-0.25, -0.2) is 9.97 Å². The summed E-state index contributed by atoms with van der Waals surface area (Å²) in [5, 5.41) is 2.67. The Kier molecular flexibility index (Phi) is 6.43. The van der Waals surface area contributed by atoms with E-state index in [1.807, 2.05) is 4.57 Å². The number of likely N-dealkylation sites (N-methyl/N-ethyl adjacent to an activating group) is 1. The highest BCUT2D eigenvalue weighted by Crippen LogP contribution is 2.29. The van der Waals surface area contributed by atoms with Crippen molar-refractivity contribution in [2.45, 2.75) is 19.1 Å². The molecule has 4 rings (SSSR count). The number of nitrogens with zero attached hydrogens (tertiary/aromatic N) is 5. The summed E-state index contributed by atoms with van der Waals surface area (Å²) in [5.41, 5.74) is 0.299. The topological polar surface area (TPSA) is 66.3 Å². The van der Waals surface area contributed by atoms with Gasteiger partial charge < -0.3 is 9.80 Å². The Hall–Kier alpha value is -2.98. The number of pyridine rings is 1. The predicted molar refractivity (Wildman–Crippen MR) is 115 cm³/mol. The third kappa shape index (κ3) is 5.08. The predicted octanol–water partition coefficient (Wildman–Crippen LogP) is 3.34. The number of fused-ring (bicyclic) bond motifs is 1. The van der Waals surface area contributed by atoms with E-state index in [9.17, 15) is 18.0 Å². The molecule has 0 unspecified atom stereocenters. The first-order valence-corrected chi connectivity index (χ1v) is 10.5. The van der Waals surface area contributed by atoms with Gasteiger partial charge in [-0.2, -0.15) is 13.2 Å². The van der Waals surface area contributed by atoms with Crippen LogP contribution < -0.4 is 5.32 Å². The van der Waals surface area contributed by atoms with E-state index in [0.717, 1.165) is 51.3 Å². The van der Waals surface area contributed by atoms with E-state index in [4.69, 9.17) is 0 Å². The summed E-state index contributed by atoms with van der Waals surface area (Å²) in [6.07, 6.45) is -2.03. The average molecular weight is 446 g/mol. The number of carbonyl (C=O) groups excluding carboxylic acids is 1. The molecule has 0 bridgehead atoms. The van der Waals surface area contributed by atoms with Crippen LogP contribution in [-0.2, 0) is 12.7 Å². The summed E-state index contributed by atoms with van der Waals surface area (Å²) in [6, 6.07) is 7.89. The van der Waals surface area contributed by atoms with Gasteiger partial charge in [-0.3, -0.25) is 14.7 Å².